The molecule has 7 heteroatoms. The summed E-state index contributed by atoms with van der Waals surface area (Å²) in [5, 5.41) is 3.49. The number of carbonyl (C=O) groups excluding carboxylic acids is 2. The first kappa shape index (κ1) is 23.5. The smallest absolute Gasteiger partial charge is 0.261 e. The molecular weight excluding hydrogens is 503 g/mol. The minimum Gasteiger partial charge on any atom is -0.484 e. The lowest BCUT2D eigenvalue weighted by Crippen LogP contribution is -2.50. The van der Waals surface area contributed by atoms with E-state index in [4.69, 9.17) is 16.3 Å². The van der Waals surface area contributed by atoms with E-state index in [1.807, 2.05) is 56.3 Å². The molecule has 29 heavy (non-hydrogen) atoms. The molecule has 2 rings (SSSR count). The molecule has 2 amide bonds. The van der Waals surface area contributed by atoms with Gasteiger partial charge in [0, 0.05) is 21.2 Å². The molecule has 0 bridgehead atoms. The van der Waals surface area contributed by atoms with E-state index in [2.05, 4.69) is 27.9 Å². The number of rotatable bonds is 9. The van der Waals surface area contributed by atoms with Crippen molar-refractivity contribution in [1.82, 2.24) is 10.2 Å². The highest BCUT2D eigenvalue weighted by atomic mass is 127. The molecule has 0 saturated heterocycles. The molecule has 0 radical (unpaired) electrons. The quantitative estimate of drug-likeness (QED) is 0.482. The van der Waals surface area contributed by atoms with Crippen LogP contribution >= 0.6 is 34.2 Å². The molecule has 0 unspecified atom stereocenters. The molecule has 0 aliphatic carbocycles. The number of amides is 2. The van der Waals surface area contributed by atoms with Crippen LogP contribution in [-0.4, -0.2) is 35.4 Å². The van der Waals surface area contributed by atoms with Crippen LogP contribution in [-0.2, 0) is 16.1 Å². The van der Waals surface area contributed by atoms with E-state index in [0.29, 0.717) is 10.8 Å². The third-order valence-electron chi connectivity index (χ3n) is 4.64. The summed E-state index contributed by atoms with van der Waals surface area (Å²) in [4.78, 5) is 27.1. The molecule has 2 aromatic carbocycles. The number of benzene rings is 2. The van der Waals surface area contributed by atoms with Gasteiger partial charge in [-0.15, -0.1) is 0 Å². The molecule has 0 aromatic heterocycles. The standard InChI is InChI=1S/C22H26ClIN2O3/c1-4-15(2)25-22(28)16(3)26(13-17-7-5-6-8-20(17)23)21(27)14-29-19-11-9-18(24)10-12-19/h5-12,15-16H,4,13-14H2,1-3H3,(H,25,28)/t15-,16+/m0/s1. The average Bonchev–Trinajstić information content (AvgIpc) is 2.71. The molecule has 5 nitrogen and oxygen atoms in total. The maximum absolute atomic E-state index is 13.0. The molecule has 1 N–H and O–H groups in total. The van der Waals surface area contributed by atoms with Crippen LogP contribution in [0.15, 0.2) is 48.5 Å². The molecular formula is C22H26ClIN2O3. The number of ether oxygens (including phenoxy) is 1. The predicted molar refractivity (Wildman–Crippen MR) is 124 cm³/mol. The summed E-state index contributed by atoms with van der Waals surface area (Å²) in [6, 6.07) is 14.1. The van der Waals surface area contributed by atoms with E-state index >= 15 is 0 Å². The van der Waals surface area contributed by atoms with Gasteiger partial charge in [0.2, 0.25) is 5.91 Å². The first-order valence-corrected chi connectivity index (χ1v) is 11.0. The van der Waals surface area contributed by atoms with Gasteiger partial charge < -0.3 is 15.0 Å². The molecule has 0 heterocycles. The monoisotopic (exact) mass is 528 g/mol. The number of halogens is 2. The zero-order chi connectivity index (χ0) is 21.4. The van der Waals surface area contributed by atoms with Gasteiger partial charge in [0.1, 0.15) is 11.8 Å². The van der Waals surface area contributed by atoms with E-state index in [9.17, 15) is 9.59 Å². The number of nitrogens with one attached hydrogen (secondary N) is 1. The Bertz CT molecular complexity index is 829. The van der Waals surface area contributed by atoms with Gasteiger partial charge in [0.15, 0.2) is 6.61 Å². The van der Waals surface area contributed by atoms with Gasteiger partial charge in [-0.05, 0) is 78.8 Å². The third kappa shape index (κ3) is 7.19. The Labute approximate surface area is 190 Å². The molecule has 2 aromatic rings. The summed E-state index contributed by atoms with van der Waals surface area (Å²) < 4.78 is 6.73. The van der Waals surface area contributed by atoms with E-state index in [1.165, 1.54) is 4.90 Å². The third-order valence-corrected chi connectivity index (χ3v) is 5.73. The fourth-order valence-corrected chi connectivity index (χ4v) is 3.17. The number of hydrogen-bond donors (Lipinski definition) is 1. The Morgan fingerprint density at radius 2 is 1.79 bits per heavy atom. The van der Waals surface area contributed by atoms with Crippen molar-refractivity contribution in [2.45, 2.75) is 45.8 Å². The second-order valence-corrected chi connectivity index (χ2v) is 8.50. The van der Waals surface area contributed by atoms with E-state index in [0.717, 1.165) is 15.6 Å². The van der Waals surface area contributed by atoms with Crippen molar-refractivity contribution in [3.05, 3.63) is 62.7 Å². The summed E-state index contributed by atoms with van der Waals surface area (Å²) in [5.74, 6) is 0.123. The average molecular weight is 529 g/mol. The minimum absolute atomic E-state index is 0.0326. The molecule has 0 spiro atoms. The Kier molecular flexibility index (Phi) is 9.23. The van der Waals surface area contributed by atoms with Crippen molar-refractivity contribution in [1.29, 1.82) is 0 Å². The van der Waals surface area contributed by atoms with E-state index < -0.39 is 6.04 Å². The highest BCUT2D eigenvalue weighted by Crippen LogP contribution is 2.19. The van der Waals surface area contributed by atoms with Gasteiger partial charge in [-0.1, -0.05) is 36.7 Å². The number of nitrogens with zero attached hydrogens (tertiary/aromatic N) is 1. The van der Waals surface area contributed by atoms with Crippen LogP contribution in [0.25, 0.3) is 0 Å². The second kappa shape index (κ2) is 11.4. The maximum atomic E-state index is 13.0. The Morgan fingerprint density at radius 1 is 1.14 bits per heavy atom. The highest BCUT2D eigenvalue weighted by Gasteiger charge is 2.27. The van der Waals surface area contributed by atoms with Crippen LogP contribution < -0.4 is 10.1 Å². The summed E-state index contributed by atoms with van der Waals surface area (Å²) in [6.07, 6.45) is 0.812. The lowest BCUT2D eigenvalue weighted by Gasteiger charge is -2.30. The molecule has 0 saturated carbocycles. The van der Waals surface area contributed by atoms with Gasteiger partial charge in [0.25, 0.3) is 5.91 Å². The van der Waals surface area contributed by atoms with Crippen molar-refractivity contribution in [2.75, 3.05) is 6.61 Å². The summed E-state index contributed by atoms with van der Waals surface area (Å²) in [6.45, 7) is 5.72. The lowest BCUT2D eigenvalue weighted by molar-refractivity contribution is -0.142. The Hall–Kier alpha value is -1.80. The molecule has 0 aliphatic rings. The van der Waals surface area contributed by atoms with Crippen LogP contribution in [0.5, 0.6) is 5.75 Å². The minimum atomic E-state index is -0.659. The predicted octanol–water partition coefficient (Wildman–Crippen LogP) is 4.66. The van der Waals surface area contributed by atoms with Crippen molar-refractivity contribution in [3.63, 3.8) is 0 Å². The van der Waals surface area contributed by atoms with Crippen LogP contribution in [0.2, 0.25) is 5.02 Å². The van der Waals surface area contributed by atoms with Crippen molar-refractivity contribution >= 4 is 46.0 Å². The van der Waals surface area contributed by atoms with Crippen molar-refractivity contribution in [2.24, 2.45) is 0 Å². The van der Waals surface area contributed by atoms with Gasteiger partial charge in [-0.2, -0.15) is 0 Å². The molecule has 156 valence electrons. The zero-order valence-electron chi connectivity index (χ0n) is 16.8. The first-order valence-electron chi connectivity index (χ1n) is 9.53. The summed E-state index contributed by atoms with van der Waals surface area (Å²) >= 11 is 8.49. The summed E-state index contributed by atoms with van der Waals surface area (Å²) in [7, 11) is 0. The SMILES string of the molecule is CC[C@H](C)NC(=O)[C@@H](C)N(Cc1ccccc1Cl)C(=O)COc1ccc(I)cc1. The van der Waals surface area contributed by atoms with E-state index in [-0.39, 0.29) is 31.0 Å². The van der Waals surface area contributed by atoms with Gasteiger partial charge in [-0.3, -0.25) is 9.59 Å². The van der Waals surface area contributed by atoms with Gasteiger partial charge in [-0.25, -0.2) is 0 Å². The fourth-order valence-electron chi connectivity index (χ4n) is 2.62. The molecule has 0 fully saturated rings. The van der Waals surface area contributed by atoms with Crippen molar-refractivity contribution in [3.8, 4) is 5.75 Å². The van der Waals surface area contributed by atoms with Crippen molar-refractivity contribution < 1.29 is 14.3 Å². The molecule has 2 atom stereocenters. The Balaban J connectivity index is 2.15. The van der Waals surface area contributed by atoms with Gasteiger partial charge >= 0.3 is 0 Å². The lowest BCUT2D eigenvalue weighted by atomic mass is 10.1. The maximum Gasteiger partial charge on any atom is 0.261 e. The number of carbonyl (C=O) groups is 2. The Morgan fingerprint density at radius 3 is 2.41 bits per heavy atom. The second-order valence-electron chi connectivity index (χ2n) is 6.85. The zero-order valence-corrected chi connectivity index (χ0v) is 19.7. The topological polar surface area (TPSA) is 58.6 Å². The largest absolute Gasteiger partial charge is 0.484 e. The fraction of sp³-hybridized carbons (Fsp3) is 0.364. The first-order chi connectivity index (χ1) is 13.8. The van der Waals surface area contributed by atoms with Gasteiger partial charge in [0.05, 0.1) is 0 Å². The van der Waals surface area contributed by atoms with E-state index in [1.54, 1.807) is 13.0 Å². The van der Waals surface area contributed by atoms with Crippen LogP contribution in [0.4, 0.5) is 0 Å². The molecule has 0 aliphatic heterocycles. The normalized spacial score (nSPS) is 12.7. The van der Waals surface area contributed by atoms with Crippen LogP contribution in [0.1, 0.15) is 32.8 Å². The van der Waals surface area contributed by atoms with Crippen LogP contribution in [0, 0.1) is 3.57 Å². The highest BCUT2D eigenvalue weighted by molar-refractivity contribution is 14.1. The summed E-state index contributed by atoms with van der Waals surface area (Å²) in [5.41, 5.74) is 0.778. The van der Waals surface area contributed by atoms with Crippen LogP contribution in [0.3, 0.4) is 0 Å². The number of hydrogen-bond acceptors (Lipinski definition) is 3.